The molecule has 6 aromatic rings. The summed E-state index contributed by atoms with van der Waals surface area (Å²) in [5.74, 6) is 0. The number of fused-ring (bicyclic) bond motifs is 7. The first-order valence-electron chi connectivity index (χ1n) is 16.7. The van der Waals surface area contributed by atoms with E-state index in [2.05, 4.69) is 154 Å². The van der Waals surface area contributed by atoms with Crippen LogP contribution in [0.15, 0.2) is 103 Å². The van der Waals surface area contributed by atoms with Gasteiger partial charge in [-0.2, -0.15) is 0 Å². The van der Waals surface area contributed by atoms with Crippen molar-refractivity contribution in [3.8, 4) is 0 Å². The second-order valence-electron chi connectivity index (χ2n) is 15.0. The highest BCUT2D eigenvalue weighted by molar-refractivity contribution is 7.33. The number of rotatable bonds is 2. The van der Waals surface area contributed by atoms with Crippen molar-refractivity contribution in [2.45, 2.75) is 65.2 Å². The Morgan fingerprint density at radius 3 is 1.96 bits per heavy atom. The van der Waals surface area contributed by atoms with E-state index in [1.54, 1.807) is 0 Å². The predicted octanol–water partition coefficient (Wildman–Crippen LogP) is 9.95. The molecule has 0 amide bonds. The molecule has 9 rings (SSSR count). The second-order valence-corrected chi connectivity index (χ2v) is 16.1. The van der Waals surface area contributed by atoms with Crippen molar-refractivity contribution in [1.29, 1.82) is 0 Å². The first-order chi connectivity index (χ1) is 22.1. The number of anilines is 6. The SMILES string of the molecule is Cc1ccc(N2c3cc(C)ccc3B3c4sc5cc6c(cc5c4N(c4ccccc4)c4cccc2c43)C(C)(C)CCC6(C)C)cc1. The van der Waals surface area contributed by atoms with Gasteiger partial charge >= 0.3 is 0 Å². The van der Waals surface area contributed by atoms with Gasteiger partial charge in [-0.25, -0.2) is 0 Å². The van der Waals surface area contributed by atoms with Gasteiger partial charge in [0.05, 0.1) is 5.69 Å². The average molecular weight is 615 g/mol. The van der Waals surface area contributed by atoms with Gasteiger partial charge in [0.15, 0.2) is 0 Å². The predicted molar refractivity (Wildman–Crippen MR) is 201 cm³/mol. The van der Waals surface area contributed by atoms with Gasteiger partial charge in [-0.05, 0) is 120 Å². The maximum Gasteiger partial charge on any atom is 0.264 e. The summed E-state index contributed by atoms with van der Waals surface area (Å²) in [6, 6.07) is 39.3. The van der Waals surface area contributed by atoms with Crippen LogP contribution >= 0.6 is 11.3 Å². The lowest BCUT2D eigenvalue weighted by Crippen LogP contribution is -2.60. The van der Waals surface area contributed by atoms with E-state index >= 15 is 0 Å². The van der Waals surface area contributed by atoms with E-state index in [-0.39, 0.29) is 17.5 Å². The number of para-hydroxylation sites is 1. The third kappa shape index (κ3) is 3.89. The Bertz CT molecular complexity index is 2190. The Morgan fingerprint density at radius 1 is 0.609 bits per heavy atom. The van der Waals surface area contributed by atoms with Crippen molar-refractivity contribution < 1.29 is 0 Å². The van der Waals surface area contributed by atoms with Gasteiger partial charge in [-0.15, -0.1) is 11.3 Å². The average Bonchev–Trinajstić information content (AvgIpc) is 3.42. The molecule has 0 saturated heterocycles. The summed E-state index contributed by atoms with van der Waals surface area (Å²) in [5, 5.41) is 1.39. The molecule has 0 saturated carbocycles. The summed E-state index contributed by atoms with van der Waals surface area (Å²) >= 11 is 2.02. The molecule has 2 nitrogen and oxygen atoms in total. The zero-order valence-electron chi connectivity index (χ0n) is 27.6. The quantitative estimate of drug-likeness (QED) is 0.179. The molecule has 0 spiro atoms. The second kappa shape index (κ2) is 9.62. The molecule has 1 aliphatic carbocycles. The third-order valence-corrected chi connectivity index (χ3v) is 12.2. The first kappa shape index (κ1) is 28.0. The summed E-state index contributed by atoms with van der Waals surface area (Å²) in [6.45, 7) is 14.3. The molecule has 46 heavy (non-hydrogen) atoms. The maximum atomic E-state index is 2.59. The molecule has 5 aromatic carbocycles. The fraction of sp³-hybridized carbons (Fsp3) is 0.238. The molecular formula is C42H39BN2S. The molecule has 3 heterocycles. The molecule has 0 fully saturated rings. The lowest BCUT2D eigenvalue weighted by atomic mass is 9.36. The molecule has 0 bridgehead atoms. The Kier molecular flexibility index (Phi) is 5.85. The largest absolute Gasteiger partial charge is 0.311 e. The molecule has 1 aromatic heterocycles. The Hall–Kier alpha value is -4.28. The van der Waals surface area contributed by atoms with E-state index in [0.717, 1.165) is 0 Å². The lowest BCUT2D eigenvalue weighted by Gasteiger charge is -2.43. The van der Waals surface area contributed by atoms with Crippen molar-refractivity contribution in [2.24, 2.45) is 0 Å². The normalized spacial score (nSPS) is 17.0. The van der Waals surface area contributed by atoms with Gasteiger partial charge in [0.2, 0.25) is 0 Å². The lowest BCUT2D eigenvalue weighted by molar-refractivity contribution is 0.332. The Balaban J connectivity index is 1.40. The number of thiophene rings is 1. The van der Waals surface area contributed by atoms with Gasteiger partial charge in [-0.3, -0.25) is 0 Å². The monoisotopic (exact) mass is 614 g/mol. The van der Waals surface area contributed by atoms with Crippen LogP contribution in [0.2, 0.25) is 0 Å². The fourth-order valence-corrected chi connectivity index (χ4v) is 9.74. The van der Waals surface area contributed by atoms with E-state index in [4.69, 9.17) is 0 Å². The third-order valence-electron chi connectivity index (χ3n) is 11.0. The van der Waals surface area contributed by atoms with Crippen LogP contribution in [0.25, 0.3) is 10.1 Å². The van der Waals surface area contributed by atoms with Crippen LogP contribution in [0.1, 0.15) is 62.8 Å². The Morgan fingerprint density at radius 2 is 1.24 bits per heavy atom. The van der Waals surface area contributed by atoms with Crippen molar-refractivity contribution in [1.82, 2.24) is 0 Å². The van der Waals surface area contributed by atoms with E-state index in [0.29, 0.717) is 0 Å². The minimum absolute atomic E-state index is 0.148. The molecule has 0 unspecified atom stereocenters. The number of nitrogens with zero attached hydrogens (tertiary/aromatic N) is 2. The van der Waals surface area contributed by atoms with Crippen LogP contribution in [0, 0.1) is 13.8 Å². The van der Waals surface area contributed by atoms with Gasteiger partial charge in [-0.1, -0.05) is 81.8 Å². The van der Waals surface area contributed by atoms with Gasteiger partial charge in [0.1, 0.15) is 0 Å². The van der Waals surface area contributed by atoms with Crippen molar-refractivity contribution >= 4 is 78.0 Å². The Labute approximate surface area is 277 Å². The fourth-order valence-electron chi connectivity index (χ4n) is 8.40. The van der Waals surface area contributed by atoms with Gasteiger partial charge in [0.25, 0.3) is 6.71 Å². The molecule has 226 valence electrons. The smallest absolute Gasteiger partial charge is 0.264 e. The molecule has 0 N–H and O–H groups in total. The molecule has 3 aliphatic rings. The molecule has 2 aliphatic heterocycles. The standard InChI is InChI=1S/C42H39BN2S/c1-26-15-18-29(19-16-26)44-34-13-10-14-35-38(34)43(33-20-17-27(2)23-36(33)44)40-39(45(35)28-11-8-7-9-12-28)30-24-31-32(25-37(30)46-40)42(5,6)22-21-41(31,3)4/h7-20,23-25H,21-22H2,1-6H3. The summed E-state index contributed by atoms with van der Waals surface area (Å²) in [4.78, 5) is 5.08. The molecule has 0 radical (unpaired) electrons. The van der Waals surface area contributed by atoms with E-state index in [9.17, 15) is 0 Å². The van der Waals surface area contributed by atoms with Crippen LogP contribution in [-0.4, -0.2) is 6.71 Å². The van der Waals surface area contributed by atoms with Crippen LogP contribution in [0.3, 0.4) is 0 Å². The highest BCUT2D eigenvalue weighted by Gasteiger charge is 2.46. The van der Waals surface area contributed by atoms with Crippen LogP contribution in [0.4, 0.5) is 34.1 Å². The minimum atomic E-state index is 0.148. The molecular weight excluding hydrogens is 575 g/mol. The van der Waals surface area contributed by atoms with E-state index in [1.165, 1.54) is 95.0 Å². The zero-order valence-corrected chi connectivity index (χ0v) is 28.4. The zero-order chi connectivity index (χ0) is 31.5. The van der Waals surface area contributed by atoms with Crippen molar-refractivity contribution in [3.05, 3.63) is 125 Å². The highest BCUT2D eigenvalue weighted by atomic mass is 32.1. The van der Waals surface area contributed by atoms with Crippen LogP contribution < -0.4 is 25.5 Å². The minimum Gasteiger partial charge on any atom is -0.311 e. The number of aryl methyl sites for hydroxylation is 2. The number of hydrogen-bond donors (Lipinski definition) is 0. The number of hydrogen-bond acceptors (Lipinski definition) is 3. The summed E-state index contributed by atoms with van der Waals surface area (Å²) in [7, 11) is 0. The molecule has 0 atom stereocenters. The van der Waals surface area contributed by atoms with E-state index < -0.39 is 0 Å². The molecule has 4 heteroatoms. The van der Waals surface area contributed by atoms with Crippen LogP contribution in [0.5, 0.6) is 0 Å². The van der Waals surface area contributed by atoms with Crippen molar-refractivity contribution in [2.75, 3.05) is 9.80 Å². The van der Waals surface area contributed by atoms with Crippen LogP contribution in [-0.2, 0) is 10.8 Å². The summed E-state index contributed by atoms with van der Waals surface area (Å²) in [5.41, 5.74) is 16.3. The maximum absolute atomic E-state index is 2.59. The van der Waals surface area contributed by atoms with Crippen molar-refractivity contribution in [3.63, 3.8) is 0 Å². The first-order valence-corrected chi connectivity index (χ1v) is 17.5. The summed E-state index contributed by atoms with van der Waals surface area (Å²) in [6.07, 6.45) is 2.43. The van der Waals surface area contributed by atoms with Gasteiger partial charge < -0.3 is 9.80 Å². The summed E-state index contributed by atoms with van der Waals surface area (Å²) < 4.78 is 2.85. The van der Waals surface area contributed by atoms with Gasteiger partial charge in [0, 0.05) is 43.3 Å². The van der Waals surface area contributed by atoms with E-state index in [1.807, 2.05) is 11.3 Å². The highest BCUT2D eigenvalue weighted by Crippen LogP contribution is 2.52. The number of benzene rings is 5. The topological polar surface area (TPSA) is 6.48 Å².